The molecule has 0 saturated carbocycles. The lowest BCUT2D eigenvalue weighted by Crippen LogP contribution is -2.48. The molecule has 0 aromatic heterocycles. The second-order valence-electron chi connectivity index (χ2n) is 4.16. The smallest absolute Gasteiger partial charge is 0.369 e. The molecule has 7 nitrogen and oxygen atoms in total. The summed E-state index contributed by atoms with van der Waals surface area (Å²) in [5.74, 6) is -1.67. The number of hydrogen-bond donors (Lipinski definition) is 2. The Kier molecular flexibility index (Phi) is 6.11. The number of primary amides is 1. The molecule has 11 heteroatoms. The zero-order valence-electron chi connectivity index (χ0n) is 11.3. The largest absolute Gasteiger partial charge is 0.522 e. The maximum atomic E-state index is 11.9. The van der Waals surface area contributed by atoms with Gasteiger partial charge in [0.25, 0.3) is 0 Å². The lowest BCUT2D eigenvalue weighted by molar-refractivity contribution is -0.324. The summed E-state index contributed by atoms with van der Waals surface area (Å²) in [6.45, 7) is 2.04. The zero-order chi connectivity index (χ0) is 16.9. The van der Waals surface area contributed by atoms with Crippen molar-refractivity contribution in [3.05, 3.63) is 23.8 Å². The minimum absolute atomic E-state index is 0.0312. The Morgan fingerprint density at radius 1 is 1.59 bits per heavy atom. The van der Waals surface area contributed by atoms with Crippen LogP contribution in [0.3, 0.4) is 0 Å². The third-order valence-electron chi connectivity index (χ3n) is 2.60. The van der Waals surface area contributed by atoms with E-state index in [1.54, 1.807) is 0 Å². The van der Waals surface area contributed by atoms with Gasteiger partial charge < -0.3 is 11.1 Å². The molecule has 0 aliphatic carbocycles. The van der Waals surface area contributed by atoms with E-state index in [1.165, 1.54) is 6.08 Å². The molecule has 22 heavy (non-hydrogen) atoms. The van der Waals surface area contributed by atoms with Gasteiger partial charge in [-0.05, 0) is 6.42 Å². The number of ether oxygens (including phenoxy) is 1. The highest BCUT2D eigenvalue weighted by molar-refractivity contribution is 7.86. The van der Waals surface area contributed by atoms with Gasteiger partial charge in [-0.3, -0.25) is 9.53 Å². The van der Waals surface area contributed by atoms with Crippen LogP contribution in [0.4, 0.5) is 18.0 Å². The van der Waals surface area contributed by atoms with E-state index in [0.717, 1.165) is 5.41 Å². The van der Waals surface area contributed by atoms with Gasteiger partial charge in [0, 0.05) is 11.1 Å². The van der Waals surface area contributed by atoms with Crippen molar-refractivity contribution in [1.82, 2.24) is 9.62 Å². The highest BCUT2D eigenvalue weighted by Crippen LogP contribution is 2.20. The molecule has 124 valence electrons. The van der Waals surface area contributed by atoms with Crippen LogP contribution in [0.1, 0.15) is 6.42 Å². The van der Waals surface area contributed by atoms with Crippen molar-refractivity contribution in [1.29, 1.82) is 0 Å². The number of nitrogens with one attached hydrogen (secondary N) is 1. The number of allylic oxidation sites excluding steroid dienone is 1. The highest BCUT2D eigenvalue weighted by atomic mass is 32.2. The molecule has 1 aliphatic heterocycles. The van der Waals surface area contributed by atoms with E-state index in [4.69, 9.17) is 5.73 Å². The molecule has 1 aliphatic rings. The molecule has 1 heterocycles. The molecular weight excluding hydrogens is 327 g/mol. The minimum atomic E-state index is -4.84. The average molecular weight is 341 g/mol. The summed E-state index contributed by atoms with van der Waals surface area (Å²) in [5, 5.41) is 3.33. The van der Waals surface area contributed by atoms with Gasteiger partial charge in [0.05, 0.1) is 19.1 Å². The van der Waals surface area contributed by atoms with Crippen molar-refractivity contribution in [2.75, 3.05) is 13.2 Å². The van der Waals surface area contributed by atoms with Crippen molar-refractivity contribution >= 4 is 22.9 Å². The van der Waals surface area contributed by atoms with E-state index in [9.17, 15) is 27.0 Å². The summed E-state index contributed by atoms with van der Waals surface area (Å²) in [6, 6.07) is -0.906. The first-order valence-corrected chi connectivity index (χ1v) is 7.14. The normalized spacial score (nSPS) is 20.1. The van der Waals surface area contributed by atoms with Crippen molar-refractivity contribution in [3.8, 4) is 0 Å². The van der Waals surface area contributed by atoms with Gasteiger partial charge in [-0.2, -0.15) is 0 Å². The predicted octanol–water partition coefficient (Wildman–Crippen LogP) is 0.731. The number of alkyl halides is 3. The van der Waals surface area contributed by atoms with Crippen LogP contribution < -0.4 is 11.1 Å². The summed E-state index contributed by atoms with van der Waals surface area (Å²) in [4.78, 5) is 23.1. The third kappa shape index (κ3) is 5.15. The summed E-state index contributed by atoms with van der Waals surface area (Å²) >= 11 is 0. The molecule has 1 rings (SSSR count). The number of carbonyl (C=O) groups is 2. The minimum Gasteiger partial charge on any atom is -0.369 e. The topological polar surface area (TPSA) is 102 Å². The van der Waals surface area contributed by atoms with Crippen molar-refractivity contribution in [3.63, 3.8) is 0 Å². The van der Waals surface area contributed by atoms with Gasteiger partial charge in [-0.1, -0.05) is 6.08 Å². The number of halogens is 3. The van der Waals surface area contributed by atoms with E-state index in [2.05, 4.69) is 16.6 Å². The molecule has 3 amide bonds. The van der Waals surface area contributed by atoms with Gasteiger partial charge >= 0.3 is 12.4 Å². The maximum absolute atomic E-state index is 11.9. The number of amides is 3. The van der Waals surface area contributed by atoms with Crippen molar-refractivity contribution in [2.24, 2.45) is 11.7 Å². The first-order valence-electron chi connectivity index (χ1n) is 5.97. The Morgan fingerprint density at radius 3 is 2.68 bits per heavy atom. The van der Waals surface area contributed by atoms with E-state index in [-0.39, 0.29) is 12.1 Å². The zero-order valence-corrected chi connectivity index (χ0v) is 12.1. The molecular formula is C11H14F3N3O4S. The van der Waals surface area contributed by atoms with Gasteiger partial charge in [0.2, 0.25) is 5.91 Å². The standard InChI is InChI=1S/C11H14F3N3O4S/c1-2-3-7(9(15)18)8-6-22(20)17(10(19)16-8)4-5-21-11(12,13)14/h2,6-7H,1,3-5H2,(H2,15,18)(H,16,19). The van der Waals surface area contributed by atoms with Crippen LogP contribution in [0.2, 0.25) is 0 Å². The fourth-order valence-corrected chi connectivity index (χ4v) is 2.67. The average Bonchev–Trinajstić information content (AvgIpc) is 2.37. The van der Waals surface area contributed by atoms with Gasteiger partial charge in [-0.15, -0.1) is 19.8 Å². The summed E-state index contributed by atoms with van der Waals surface area (Å²) < 4.78 is 51.6. The van der Waals surface area contributed by atoms with Crippen LogP contribution in [0, 0.1) is 5.92 Å². The van der Waals surface area contributed by atoms with Crippen molar-refractivity contribution < 1.29 is 31.7 Å². The molecule has 0 fully saturated rings. The van der Waals surface area contributed by atoms with Crippen LogP contribution in [-0.2, 0) is 20.5 Å². The second kappa shape index (κ2) is 7.40. The Hall–Kier alpha value is -1.88. The van der Waals surface area contributed by atoms with Crippen LogP contribution in [-0.4, -0.2) is 40.0 Å². The Labute approximate surface area is 126 Å². The lowest BCUT2D eigenvalue weighted by atomic mass is 10.0. The first-order chi connectivity index (χ1) is 10.2. The van der Waals surface area contributed by atoms with E-state index in [1.807, 2.05) is 0 Å². The third-order valence-corrected chi connectivity index (χ3v) is 3.84. The van der Waals surface area contributed by atoms with Gasteiger partial charge in [0.1, 0.15) is 0 Å². The Bertz CT molecular complexity index is 521. The van der Waals surface area contributed by atoms with Gasteiger partial charge in [0.15, 0.2) is 11.0 Å². The maximum Gasteiger partial charge on any atom is 0.522 e. The monoisotopic (exact) mass is 341 g/mol. The molecule has 0 bridgehead atoms. The fraction of sp³-hybridized carbons (Fsp3) is 0.455. The summed E-state index contributed by atoms with van der Waals surface area (Å²) in [7, 11) is -2.04. The molecule has 0 aromatic rings. The summed E-state index contributed by atoms with van der Waals surface area (Å²) in [5.41, 5.74) is 5.20. The fourth-order valence-electron chi connectivity index (χ4n) is 1.64. The van der Waals surface area contributed by atoms with Gasteiger partial charge in [-0.25, -0.2) is 13.3 Å². The molecule has 2 unspecified atom stereocenters. The number of carbonyl (C=O) groups excluding carboxylic acids is 2. The molecule has 0 spiro atoms. The number of nitrogens with zero attached hydrogens (tertiary/aromatic N) is 1. The van der Waals surface area contributed by atoms with Crippen LogP contribution in [0.25, 0.3) is 0 Å². The molecule has 2 atom stereocenters. The van der Waals surface area contributed by atoms with Crippen molar-refractivity contribution in [2.45, 2.75) is 12.8 Å². The number of hydrogen-bond acceptors (Lipinski definition) is 4. The lowest BCUT2D eigenvalue weighted by Gasteiger charge is -2.28. The first kappa shape index (κ1) is 18.2. The Balaban J connectivity index is 2.77. The van der Waals surface area contributed by atoms with E-state index in [0.29, 0.717) is 4.31 Å². The van der Waals surface area contributed by atoms with Crippen LogP contribution in [0.15, 0.2) is 23.8 Å². The molecule has 0 aromatic carbocycles. The highest BCUT2D eigenvalue weighted by Gasteiger charge is 2.33. The Morgan fingerprint density at radius 2 is 2.23 bits per heavy atom. The van der Waals surface area contributed by atoms with E-state index >= 15 is 0 Å². The molecule has 3 N–H and O–H groups in total. The quantitative estimate of drug-likeness (QED) is 0.667. The number of rotatable bonds is 7. The van der Waals surface area contributed by atoms with E-state index < -0.39 is 48.4 Å². The molecule has 0 radical (unpaired) electrons. The predicted molar refractivity (Wildman–Crippen MR) is 71.0 cm³/mol. The number of nitrogens with two attached hydrogens (primary N) is 1. The molecule has 0 saturated heterocycles. The number of urea groups is 1. The van der Waals surface area contributed by atoms with Crippen LogP contribution >= 0.6 is 0 Å². The summed E-state index contributed by atoms with van der Waals surface area (Å²) in [6.07, 6.45) is -3.32. The van der Waals surface area contributed by atoms with Crippen LogP contribution in [0.5, 0.6) is 0 Å². The SMILES string of the molecule is C=CCC(C(N)=O)C1=CS(=O)N(CCOC(F)(F)F)C(=O)N1. The second-order valence-corrected chi connectivity index (χ2v) is 5.38.